The van der Waals surface area contributed by atoms with Gasteiger partial charge in [-0.1, -0.05) is 60.7 Å². The molecule has 0 saturated heterocycles. The number of carbonyl (C=O) groups is 2. The molecule has 4 rings (SSSR count). The summed E-state index contributed by atoms with van der Waals surface area (Å²) in [5.41, 5.74) is 1.67. The lowest BCUT2D eigenvalue weighted by Gasteiger charge is -2.33. The molecule has 4 aromatic carbocycles. The van der Waals surface area contributed by atoms with Crippen LogP contribution in [-0.2, 0) is 32.6 Å². The molecule has 0 aliphatic heterocycles. The van der Waals surface area contributed by atoms with Gasteiger partial charge in [0, 0.05) is 19.5 Å². The largest absolute Gasteiger partial charge is 0.457 e. The Hall–Kier alpha value is -4.70. The van der Waals surface area contributed by atoms with Crippen molar-refractivity contribution in [3.63, 3.8) is 0 Å². The molecule has 1 N–H and O–H groups in total. The van der Waals surface area contributed by atoms with Gasteiger partial charge in [-0.3, -0.25) is 13.9 Å². The minimum absolute atomic E-state index is 0.0325. The minimum Gasteiger partial charge on any atom is -0.457 e. The van der Waals surface area contributed by atoms with Crippen molar-refractivity contribution in [3.05, 3.63) is 126 Å². The Morgan fingerprint density at radius 2 is 1.40 bits per heavy atom. The maximum atomic E-state index is 14.0. The van der Waals surface area contributed by atoms with Crippen molar-refractivity contribution in [3.8, 4) is 11.5 Å². The zero-order valence-electron chi connectivity index (χ0n) is 24.0. The number of carbonyl (C=O) groups excluding carboxylic acids is 2. The van der Waals surface area contributed by atoms with E-state index in [0.29, 0.717) is 23.6 Å². The molecule has 224 valence electrons. The molecule has 0 saturated carbocycles. The van der Waals surface area contributed by atoms with Gasteiger partial charge in [-0.2, -0.15) is 0 Å². The molecular formula is C33H34FN3O5S. The number of halogens is 1. The molecule has 0 fully saturated rings. The first-order valence-electron chi connectivity index (χ1n) is 13.8. The van der Waals surface area contributed by atoms with E-state index in [1.807, 2.05) is 48.5 Å². The Labute approximate surface area is 251 Å². The Kier molecular flexibility index (Phi) is 10.5. The van der Waals surface area contributed by atoms with E-state index < -0.39 is 34.3 Å². The number of rotatable bonds is 13. The topological polar surface area (TPSA) is 96.0 Å². The van der Waals surface area contributed by atoms with Crippen molar-refractivity contribution in [1.29, 1.82) is 0 Å². The van der Waals surface area contributed by atoms with Gasteiger partial charge in [0.1, 0.15) is 29.9 Å². The first-order valence-corrected chi connectivity index (χ1v) is 15.6. The average molecular weight is 604 g/mol. The number of anilines is 1. The van der Waals surface area contributed by atoms with Gasteiger partial charge in [0.2, 0.25) is 21.8 Å². The number of likely N-dealkylation sites (N-methyl/N-ethyl adjacent to an activating group) is 1. The summed E-state index contributed by atoms with van der Waals surface area (Å²) in [5.74, 6) is -0.292. The SMILES string of the molecule is CCNC(=O)C(Cc1ccccc1)N(Cc1ccc(F)cc1)C(=O)CN(c1ccc(Oc2ccccc2)cc1)S(C)(=O)=O. The molecule has 0 spiro atoms. The molecule has 1 atom stereocenters. The number of amides is 2. The molecule has 8 nitrogen and oxygen atoms in total. The number of para-hydroxylation sites is 1. The predicted molar refractivity (Wildman–Crippen MR) is 165 cm³/mol. The molecular weight excluding hydrogens is 569 g/mol. The zero-order chi connectivity index (χ0) is 30.8. The van der Waals surface area contributed by atoms with Gasteiger partial charge >= 0.3 is 0 Å². The van der Waals surface area contributed by atoms with Gasteiger partial charge in [0.05, 0.1) is 11.9 Å². The number of hydrogen-bond donors (Lipinski definition) is 1. The highest BCUT2D eigenvalue weighted by Crippen LogP contribution is 2.26. The highest BCUT2D eigenvalue weighted by molar-refractivity contribution is 7.92. The normalized spacial score (nSPS) is 11.8. The van der Waals surface area contributed by atoms with Crippen LogP contribution >= 0.6 is 0 Å². The van der Waals surface area contributed by atoms with Crippen LogP contribution in [0.2, 0.25) is 0 Å². The van der Waals surface area contributed by atoms with Gasteiger partial charge in [-0.05, 0) is 66.6 Å². The van der Waals surface area contributed by atoms with Crippen LogP contribution in [0, 0.1) is 5.82 Å². The van der Waals surface area contributed by atoms with E-state index in [1.165, 1.54) is 29.2 Å². The second kappa shape index (κ2) is 14.5. The van der Waals surface area contributed by atoms with Crippen molar-refractivity contribution >= 4 is 27.5 Å². The number of sulfonamides is 1. The third-order valence-corrected chi connectivity index (χ3v) is 7.81. The van der Waals surface area contributed by atoms with Crippen molar-refractivity contribution in [2.24, 2.45) is 0 Å². The smallest absolute Gasteiger partial charge is 0.244 e. The first kappa shape index (κ1) is 31.2. The Morgan fingerprint density at radius 3 is 1.98 bits per heavy atom. The maximum absolute atomic E-state index is 14.0. The lowest BCUT2D eigenvalue weighted by Crippen LogP contribution is -2.53. The van der Waals surface area contributed by atoms with Crippen LogP contribution in [0.5, 0.6) is 11.5 Å². The summed E-state index contributed by atoms with van der Waals surface area (Å²) in [6, 6.07) is 29.4. The average Bonchev–Trinajstić information content (AvgIpc) is 2.99. The lowest BCUT2D eigenvalue weighted by molar-refractivity contribution is -0.140. The van der Waals surface area contributed by atoms with Crippen LogP contribution in [-0.4, -0.2) is 50.5 Å². The van der Waals surface area contributed by atoms with Crippen molar-refractivity contribution in [2.45, 2.75) is 25.9 Å². The monoisotopic (exact) mass is 603 g/mol. The van der Waals surface area contributed by atoms with E-state index in [0.717, 1.165) is 16.1 Å². The second-order valence-electron chi connectivity index (χ2n) is 9.93. The van der Waals surface area contributed by atoms with E-state index in [2.05, 4.69) is 5.32 Å². The Bertz CT molecular complexity index is 1600. The molecule has 2 amide bonds. The number of hydrogen-bond acceptors (Lipinski definition) is 5. The van der Waals surface area contributed by atoms with Gasteiger partial charge in [-0.25, -0.2) is 12.8 Å². The lowest BCUT2D eigenvalue weighted by atomic mass is 10.0. The standard InChI is InChI=1S/C33H34FN3O5S/c1-3-35-33(39)31(22-25-10-6-4-7-11-25)36(23-26-14-16-27(34)17-15-26)32(38)24-37(43(2,40)41)28-18-20-30(21-19-28)42-29-12-8-5-9-13-29/h4-21,31H,3,22-24H2,1-2H3,(H,35,39). The molecule has 0 bridgehead atoms. The van der Waals surface area contributed by atoms with Gasteiger partial charge < -0.3 is 15.0 Å². The molecule has 43 heavy (non-hydrogen) atoms. The van der Waals surface area contributed by atoms with Crippen LogP contribution in [0.3, 0.4) is 0 Å². The van der Waals surface area contributed by atoms with E-state index in [-0.39, 0.29) is 24.6 Å². The third kappa shape index (κ3) is 8.89. The zero-order valence-corrected chi connectivity index (χ0v) is 24.8. The van der Waals surface area contributed by atoms with Crippen LogP contribution in [0.15, 0.2) is 109 Å². The summed E-state index contributed by atoms with van der Waals surface area (Å²) in [7, 11) is -3.92. The molecule has 0 aromatic heterocycles. The summed E-state index contributed by atoms with van der Waals surface area (Å²) < 4.78 is 46.4. The Balaban J connectivity index is 1.65. The molecule has 0 aliphatic carbocycles. The Morgan fingerprint density at radius 1 is 0.814 bits per heavy atom. The van der Waals surface area contributed by atoms with Crippen LogP contribution in [0.4, 0.5) is 10.1 Å². The molecule has 0 radical (unpaired) electrons. The fraction of sp³-hybridized carbons (Fsp3) is 0.212. The molecule has 0 heterocycles. The fourth-order valence-corrected chi connectivity index (χ4v) is 5.40. The number of nitrogens with zero attached hydrogens (tertiary/aromatic N) is 2. The van der Waals surface area contributed by atoms with Crippen LogP contribution in [0.1, 0.15) is 18.1 Å². The minimum atomic E-state index is -3.92. The first-order chi connectivity index (χ1) is 20.6. The highest BCUT2D eigenvalue weighted by Gasteiger charge is 2.32. The van der Waals surface area contributed by atoms with E-state index >= 15 is 0 Å². The van der Waals surface area contributed by atoms with Gasteiger partial charge in [0.25, 0.3) is 0 Å². The third-order valence-electron chi connectivity index (χ3n) is 6.67. The van der Waals surface area contributed by atoms with Crippen molar-refractivity contribution in [1.82, 2.24) is 10.2 Å². The van der Waals surface area contributed by atoms with E-state index in [9.17, 15) is 22.4 Å². The molecule has 1 unspecified atom stereocenters. The summed E-state index contributed by atoms with van der Waals surface area (Å²) in [6.07, 6.45) is 1.22. The van der Waals surface area contributed by atoms with E-state index in [1.54, 1.807) is 43.3 Å². The van der Waals surface area contributed by atoms with Crippen molar-refractivity contribution < 1.29 is 27.1 Å². The maximum Gasteiger partial charge on any atom is 0.244 e. The predicted octanol–water partition coefficient (Wildman–Crippen LogP) is 5.16. The van der Waals surface area contributed by atoms with Crippen LogP contribution in [0.25, 0.3) is 0 Å². The number of ether oxygens (including phenoxy) is 1. The summed E-state index contributed by atoms with van der Waals surface area (Å²) in [5, 5.41) is 2.80. The molecule has 10 heteroatoms. The van der Waals surface area contributed by atoms with Gasteiger partial charge in [-0.15, -0.1) is 0 Å². The number of nitrogens with one attached hydrogen (secondary N) is 1. The van der Waals surface area contributed by atoms with E-state index in [4.69, 9.17) is 4.74 Å². The van der Waals surface area contributed by atoms with Crippen molar-refractivity contribution in [2.75, 3.05) is 23.7 Å². The number of benzene rings is 4. The van der Waals surface area contributed by atoms with Gasteiger partial charge in [0.15, 0.2) is 0 Å². The highest BCUT2D eigenvalue weighted by atomic mass is 32.2. The second-order valence-corrected chi connectivity index (χ2v) is 11.8. The fourth-order valence-electron chi connectivity index (χ4n) is 4.55. The van der Waals surface area contributed by atoms with Crippen LogP contribution < -0.4 is 14.4 Å². The summed E-state index contributed by atoms with van der Waals surface area (Å²) in [6.45, 7) is 1.54. The summed E-state index contributed by atoms with van der Waals surface area (Å²) >= 11 is 0. The molecule has 0 aliphatic rings. The quantitative estimate of drug-likeness (QED) is 0.228. The molecule has 4 aromatic rings. The summed E-state index contributed by atoms with van der Waals surface area (Å²) in [4.78, 5) is 28.8.